The minimum absolute atomic E-state index is 0.200. The first-order valence-electron chi connectivity index (χ1n) is 10.2. The number of amides is 4. The van der Waals surface area contributed by atoms with Crippen LogP contribution in [0.4, 0.5) is 5.69 Å². The van der Waals surface area contributed by atoms with E-state index < -0.39 is 11.9 Å². The van der Waals surface area contributed by atoms with Gasteiger partial charge in [-0.25, -0.2) is 0 Å². The summed E-state index contributed by atoms with van der Waals surface area (Å²) in [5, 5.41) is 7.99. The maximum Gasteiger partial charge on any atom is 0.255 e. The molecule has 4 amide bonds. The second-order valence-electron chi connectivity index (χ2n) is 7.39. The van der Waals surface area contributed by atoms with Crippen LogP contribution in [0.1, 0.15) is 39.1 Å². The molecular weight excluding hydrogens is 396 g/mol. The molecule has 1 saturated heterocycles. The molecule has 1 aliphatic heterocycles. The molecule has 162 valence electrons. The maximum atomic E-state index is 12.6. The number of hydrogen-bond donors (Lipinski definition) is 3. The Morgan fingerprint density at radius 1 is 1.00 bits per heavy atom. The van der Waals surface area contributed by atoms with Crippen LogP contribution in [0.25, 0.3) is 0 Å². The summed E-state index contributed by atoms with van der Waals surface area (Å²) in [6.45, 7) is 2.12. The summed E-state index contributed by atoms with van der Waals surface area (Å²) >= 11 is 0. The standard InChI is InChI=1S/C23H26N4O4/c1-15-10-11-17(13-18(15)26-22(30)16-7-4-3-5-8-16)21(29)25-14-20(28)27-12-6-9-19(27)23(31)24-2/h3-5,7-8,10-11,13,19H,6,9,12,14H2,1-2H3,(H,24,31)(H,25,29)(H,26,30). The average molecular weight is 422 g/mol. The molecule has 1 unspecified atom stereocenters. The van der Waals surface area contributed by atoms with E-state index in [2.05, 4.69) is 16.0 Å². The normalized spacial score (nSPS) is 15.3. The molecule has 31 heavy (non-hydrogen) atoms. The van der Waals surface area contributed by atoms with Gasteiger partial charge in [0.15, 0.2) is 0 Å². The molecule has 3 rings (SSSR count). The van der Waals surface area contributed by atoms with Crippen LogP contribution in [0.3, 0.4) is 0 Å². The van der Waals surface area contributed by atoms with Crippen molar-refractivity contribution in [1.29, 1.82) is 0 Å². The highest BCUT2D eigenvalue weighted by Crippen LogP contribution is 2.19. The van der Waals surface area contributed by atoms with E-state index in [-0.39, 0.29) is 24.3 Å². The molecule has 1 atom stereocenters. The summed E-state index contributed by atoms with van der Waals surface area (Å²) in [6.07, 6.45) is 1.36. The van der Waals surface area contributed by atoms with Gasteiger partial charge >= 0.3 is 0 Å². The molecule has 2 aromatic rings. The number of aryl methyl sites for hydroxylation is 1. The van der Waals surface area contributed by atoms with Crippen molar-refractivity contribution in [3.05, 3.63) is 65.2 Å². The Kier molecular flexibility index (Phi) is 7.02. The lowest BCUT2D eigenvalue weighted by Crippen LogP contribution is -2.48. The van der Waals surface area contributed by atoms with Gasteiger partial charge in [-0.3, -0.25) is 19.2 Å². The first-order valence-corrected chi connectivity index (χ1v) is 10.2. The van der Waals surface area contributed by atoms with Gasteiger partial charge < -0.3 is 20.9 Å². The Balaban J connectivity index is 1.63. The van der Waals surface area contributed by atoms with Crippen LogP contribution in [-0.2, 0) is 9.59 Å². The molecule has 0 aliphatic carbocycles. The zero-order chi connectivity index (χ0) is 22.4. The zero-order valence-corrected chi connectivity index (χ0v) is 17.6. The van der Waals surface area contributed by atoms with Gasteiger partial charge in [0.05, 0.1) is 6.54 Å². The van der Waals surface area contributed by atoms with Crippen molar-refractivity contribution in [3.8, 4) is 0 Å². The van der Waals surface area contributed by atoms with E-state index in [1.54, 1.807) is 42.5 Å². The summed E-state index contributed by atoms with van der Waals surface area (Å²) in [6, 6.07) is 13.3. The first-order chi connectivity index (χ1) is 14.9. The number of rotatable bonds is 6. The summed E-state index contributed by atoms with van der Waals surface area (Å²) in [7, 11) is 1.54. The van der Waals surface area contributed by atoms with Gasteiger partial charge in [0, 0.05) is 30.4 Å². The van der Waals surface area contributed by atoms with Gasteiger partial charge in [0.2, 0.25) is 11.8 Å². The lowest BCUT2D eigenvalue weighted by atomic mass is 10.1. The SMILES string of the molecule is CNC(=O)C1CCCN1C(=O)CNC(=O)c1ccc(C)c(NC(=O)c2ccccc2)c1. The molecular formula is C23H26N4O4. The van der Waals surface area contributed by atoms with Crippen LogP contribution < -0.4 is 16.0 Å². The van der Waals surface area contributed by atoms with E-state index in [1.165, 1.54) is 11.9 Å². The molecule has 1 heterocycles. The van der Waals surface area contributed by atoms with Crippen molar-refractivity contribution in [2.24, 2.45) is 0 Å². The molecule has 0 bridgehead atoms. The van der Waals surface area contributed by atoms with Crippen LogP contribution in [0, 0.1) is 6.92 Å². The summed E-state index contributed by atoms with van der Waals surface area (Å²) in [4.78, 5) is 50.9. The van der Waals surface area contributed by atoms with Crippen LogP contribution in [0.5, 0.6) is 0 Å². The van der Waals surface area contributed by atoms with Crippen molar-refractivity contribution in [2.45, 2.75) is 25.8 Å². The van der Waals surface area contributed by atoms with E-state index in [0.29, 0.717) is 29.8 Å². The highest BCUT2D eigenvalue weighted by Gasteiger charge is 2.33. The number of nitrogens with zero attached hydrogens (tertiary/aromatic N) is 1. The maximum absolute atomic E-state index is 12.6. The molecule has 8 nitrogen and oxygen atoms in total. The van der Waals surface area contributed by atoms with Crippen molar-refractivity contribution >= 4 is 29.3 Å². The predicted octanol–water partition coefficient (Wildman–Crippen LogP) is 1.71. The van der Waals surface area contributed by atoms with Crippen LogP contribution >= 0.6 is 0 Å². The van der Waals surface area contributed by atoms with Gasteiger partial charge in [-0.1, -0.05) is 24.3 Å². The summed E-state index contributed by atoms with van der Waals surface area (Å²) in [5.41, 5.74) is 2.17. The first kappa shape index (κ1) is 22.0. The number of anilines is 1. The zero-order valence-electron chi connectivity index (χ0n) is 17.6. The fourth-order valence-electron chi connectivity index (χ4n) is 3.55. The number of likely N-dealkylation sites (tertiary alicyclic amines) is 1. The molecule has 0 radical (unpaired) electrons. The largest absolute Gasteiger partial charge is 0.357 e. The fraction of sp³-hybridized carbons (Fsp3) is 0.304. The van der Waals surface area contributed by atoms with Crippen molar-refractivity contribution < 1.29 is 19.2 Å². The average Bonchev–Trinajstić information content (AvgIpc) is 3.28. The fourth-order valence-corrected chi connectivity index (χ4v) is 3.55. The number of carbonyl (C=O) groups excluding carboxylic acids is 4. The lowest BCUT2D eigenvalue weighted by molar-refractivity contribution is -0.137. The number of benzene rings is 2. The van der Waals surface area contributed by atoms with Crippen LogP contribution in [-0.4, -0.2) is 54.7 Å². The summed E-state index contributed by atoms with van der Waals surface area (Å²) in [5.74, 6) is -1.20. The number of hydrogen-bond acceptors (Lipinski definition) is 4. The van der Waals surface area contributed by atoms with E-state index in [4.69, 9.17) is 0 Å². The third kappa shape index (κ3) is 5.28. The highest BCUT2D eigenvalue weighted by atomic mass is 16.2. The Labute approximate surface area is 181 Å². The Hall–Kier alpha value is -3.68. The second-order valence-corrected chi connectivity index (χ2v) is 7.39. The van der Waals surface area contributed by atoms with E-state index in [1.807, 2.05) is 13.0 Å². The Bertz CT molecular complexity index is 990. The van der Waals surface area contributed by atoms with E-state index >= 15 is 0 Å². The second kappa shape index (κ2) is 9.88. The number of nitrogens with one attached hydrogen (secondary N) is 3. The third-order valence-corrected chi connectivity index (χ3v) is 5.31. The van der Waals surface area contributed by atoms with Crippen LogP contribution in [0.2, 0.25) is 0 Å². The molecule has 1 fully saturated rings. The van der Waals surface area contributed by atoms with Gasteiger partial charge in [0.1, 0.15) is 6.04 Å². The molecule has 3 N–H and O–H groups in total. The van der Waals surface area contributed by atoms with Gasteiger partial charge in [0.25, 0.3) is 11.8 Å². The van der Waals surface area contributed by atoms with Gasteiger partial charge in [-0.05, 0) is 49.6 Å². The quantitative estimate of drug-likeness (QED) is 0.659. The van der Waals surface area contributed by atoms with E-state index in [0.717, 1.165) is 12.0 Å². The lowest BCUT2D eigenvalue weighted by Gasteiger charge is -2.23. The van der Waals surface area contributed by atoms with Gasteiger partial charge in [-0.2, -0.15) is 0 Å². The Morgan fingerprint density at radius 2 is 1.74 bits per heavy atom. The minimum atomic E-state index is -0.492. The topological polar surface area (TPSA) is 108 Å². The molecule has 0 saturated carbocycles. The Morgan fingerprint density at radius 3 is 2.45 bits per heavy atom. The van der Waals surface area contributed by atoms with Gasteiger partial charge in [-0.15, -0.1) is 0 Å². The van der Waals surface area contributed by atoms with Crippen molar-refractivity contribution in [1.82, 2.24) is 15.5 Å². The van der Waals surface area contributed by atoms with Crippen molar-refractivity contribution in [3.63, 3.8) is 0 Å². The third-order valence-electron chi connectivity index (χ3n) is 5.31. The number of likely N-dealkylation sites (N-methyl/N-ethyl adjacent to an activating group) is 1. The van der Waals surface area contributed by atoms with Crippen molar-refractivity contribution in [2.75, 3.05) is 25.5 Å². The summed E-state index contributed by atoms with van der Waals surface area (Å²) < 4.78 is 0. The molecule has 8 heteroatoms. The predicted molar refractivity (Wildman–Crippen MR) is 117 cm³/mol. The molecule has 2 aromatic carbocycles. The van der Waals surface area contributed by atoms with E-state index in [9.17, 15) is 19.2 Å². The minimum Gasteiger partial charge on any atom is -0.357 e. The highest BCUT2D eigenvalue weighted by molar-refractivity contribution is 6.05. The monoisotopic (exact) mass is 422 g/mol. The molecule has 1 aliphatic rings. The smallest absolute Gasteiger partial charge is 0.255 e. The van der Waals surface area contributed by atoms with Crippen LogP contribution in [0.15, 0.2) is 48.5 Å². The molecule has 0 spiro atoms. The number of carbonyl (C=O) groups is 4. The molecule has 0 aromatic heterocycles.